The number of aliphatic carboxylic acids is 1. The van der Waals surface area contributed by atoms with E-state index in [9.17, 15) is 9.90 Å². The fourth-order valence-electron chi connectivity index (χ4n) is 6.82. The Bertz CT molecular complexity index is 1360. The third kappa shape index (κ3) is 5.77. The molecular formula is C31H40FN5O4. The van der Waals surface area contributed by atoms with Crippen LogP contribution in [-0.4, -0.2) is 76.9 Å². The van der Waals surface area contributed by atoms with Crippen molar-refractivity contribution in [1.82, 2.24) is 19.7 Å². The van der Waals surface area contributed by atoms with Gasteiger partial charge in [-0.1, -0.05) is 24.6 Å². The van der Waals surface area contributed by atoms with Gasteiger partial charge in [0.25, 0.3) is 0 Å². The smallest absolute Gasteiger partial charge is 0.325 e. The maximum absolute atomic E-state index is 15.4. The third-order valence-electron chi connectivity index (χ3n) is 8.98. The maximum atomic E-state index is 15.4. The number of halogens is 1. The number of nitrogens with one attached hydrogen (secondary N) is 1. The van der Waals surface area contributed by atoms with Crippen molar-refractivity contribution in [1.29, 1.82) is 0 Å². The number of nitrogens with zero attached hydrogens (tertiary/aromatic N) is 4. The van der Waals surface area contributed by atoms with E-state index in [1.54, 1.807) is 13.3 Å². The number of para-hydroxylation sites is 1. The lowest BCUT2D eigenvalue weighted by Gasteiger charge is -2.26. The highest BCUT2D eigenvalue weighted by atomic mass is 19.1. The number of ether oxygens (including phenoxy) is 2. The number of hydrogen-bond acceptors (Lipinski definition) is 7. The number of carboxylic acid groups (broad SMARTS) is 1. The first-order valence-corrected chi connectivity index (χ1v) is 15.0. The van der Waals surface area contributed by atoms with Crippen LogP contribution >= 0.6 is 0 Å². The highest BCUT2D eigenvalue weighted by Crippen LogP contribution is 2.36. The second kappa shape index (κ2) is 12.3. The standard InChI is InChI=1S/C31H40FN5O4/c1-40-27-16-22(35-30-24(27)9-5-13-33-30)7-2-3-10-26(32)21-11-14-36(18-21)29(31(38)39)25-8-4-6-20-17-34-37(28(20)25)23-12-15-41-19-23/h4,6,8,16-17,21,23,26,29H,2-3,5,7,9-15,18-19H2,1H3,(H,33,35)(H,38,39)/t21-,23+,26?,29?/m1/s1. The summed E-state index contributed by atoms with van der Waals surface area (Å²) in [5.41, 5.74) is 3.68. The minimum absolute atomic E-state index is 0.0958. The van der Waals surface area contributed by atoms with Crippen LogP contribution < -0.4 is 10.1 Å². The highest BCUT2D eigenvalue weighted by Gasteiger charge is 2.38. The van der Waals surface area contributed by atoms with E-state index >= 15 is 4.39 Å². The van der Waals surface area contributed by atoms with Gasteiger partial charge < -0.3 is 19.9 Å². The van der Waals surface area contributed by atoms with Gasteiger partial charge in [-0.25, -0.2) is 9.37 Å². The number of carbonyl (C=O) groups is 1. The number of methoxy groups -OCH3 is 1. The van der Waals surface area contributed by atoms with Gasteiger partial charge in [-0.05, 0) is 51.5 Å². The number of fused-ring (bicyclic) bond motifs is 2. The molecule has 2 N–H and O–H groups in total. The summed E-state index contributed by atoms with van der Waals surface area (Å²) in [5, 5.41) is 19.2. The van der Waals surface area contributed by atoms with Crippen LogP contribution in [0.1, 0.15) is 67.4 Å². The van der Waals surface area contributed by atoms with Crippen molar-refractivity contribution in [3.63, 3.8) is 0 Å². The molecule has 3 aliphatic rings. The molecule has 4 atom stereocenters. The van der Waals surface area contributed by atoms with Gasteiger partial charge in [0.15, 0.2) is 0 Å². The van der Waals surface area contributed by atoms with Crippen LogP contribution in [0.3, 0.4) is 0 Å². The van der Waals surface area contributed by atoms with Gasteiger partial charge in [0.2, 0.25) is 0 Å². The number of benzene rings is 1. The van der Waals surface area contributed by atoms with E-state index in [0.29, 0.717) is 39.1 Å². The number of aryl methyl sites for hydroxylation is 1. The topological polar surface area (TPSA) is 102 Å². The summed E-state index contributed by atoms with van der Waals surface area (Å²) in [6, 6.07) is 7.01. The Morgan fingerprint density at radius 3 is 3.02 bits per heavy atom. The fourth-order valence-corrected chi connectivity index (χ4v) is 6.82. The molecule has 3 aromatic rings. The lowest BCUT2D eigenvalue weighted by Crippen LogP contribution is -2.34. The number of alkyl halides is 1. The molecule has 0 radical (unpaired) electrons. The predicted octanol–water partition coefficient (Wildman–Crippen LogP) is 4.96. The number of likely N-dealkylation sites (tertiary alicyclic amines) is 1. The zero-order valence-corrected chi connectivity index (χ0v) is 23.7. The first-order chi connectivity index (χ1) is 20.0. The summed E-state index contributed by atoms with van der Waals surface area (Å²) in [6.45, 7) is 3.17. The summed E-state index contributed by atoms with van der Waals surface area (Å²) >= 11 is 0. The van der Waals surface area contributed by atoms with Crippen molar-refractivity contribution in [3.05, 3.63) is 47.3 Å². The molecule has 6 rings (SSSR count). The molecule has 2 aromatic heterocycles. The molecule has 0 saturated carbocycles. The van der Waals surface area contributed by atoms with Crippen molar-refractivity contribution in [2.24, 2.45) is 5.92 Å². The first-order valence-electron chi connectivity index (χ1n) is 15.0. The zero-order valence-electron chi connectivity index (χ0n) is 23.7. The van der Waals surface area contributed by atoms with Crippen molar-refractivity contribution in [2.45, 2.75) is 69.6 Å². The van der Waals surface area contributed by atoms with Gasteiger partial charge in [0.1, 0.15) is 23.8 Å². The van der Waals surface area contributed by atoms with E-state index in [0.717, 1.165) is 84.4 Å². The molecule has 10 heteroatoms. The molecular weight excluding hydrogens is 525 g/mol. The molecule has 1 aromatic carbocycles. The molecule has 220 valence electrons. The first kappa shape index (κ1) is 27.9. The van der Waals surface area contributed by atoms with Gasteiger partial charge in [0.05, 0.1) is 31.5 Å². The summed E-state index contributed by atoms with van der Waals surface area (Å²) < 4.78 is 28.5. The van der Waals surface area contributed by atoms with Crippen molar-refractivity contribution in [2.75, 3.05) is 45.3 Å². The quantitative estimate of drug-likeness (QED) is 0.315. The Morgan fingerprint density at radius 1 is 1.32 bits per heavy atom. The third-order valence-corrected chi connectivity index (χ3v) is 8.98. The van der Waals surface area contributed by atoms with E-state index < -0.39 is 18.2 Å². The molecule has 2 saturated heterocycles. The molecule has 2 unspecified atom stereocenters. The van der Waals surface area contributed by atoms with Crippen LogP contribution in [0.2, 0.25) is 0 Å². The lowest BCUT2D eigenvalue weighted by atomic mass is 9.97. The van der Waals surface area contributed by atoms with Crippen molar-refractivity contribution < 1.29 is 23.8 Å². The monoisotopic (exact) mass is 565 g/mol. The molecule has 2 fully saturated rings. The lowest BCUT2D eigenvalue weighted by molar-refractivity contribution is -0.143. The van der Waals surface area contributed by atoms with Gasteiger partial charge >= 0.3 is 5.97 Å². The van der Waals surface area contributed by atoms with Crippen LogP contribution in [0.15, 0.2) is 30.5 Å². The number of carboxylic acids is 1. The number of anilines is 1. The van der Waals surface area contributed by atoms with Gasteiger partial charge in [-0.3, -0.25) is 14.4 Å². The Hall–Kier alpha value is -3.24. The summed E-state index contributed by atoms with van der Waals surface area (Å²) in [7, 11) is 1.70. The second-order valence-electron chi connectivity index (χ2n) is 11.6. The van der Waals surface area contributed by atoms with Crippen LogP contribution in [0, 0.1) is 5.92 Å². The minimum atomic E-state index is -0.959. The highest BCUT2D eigenvalue weighted by molar-refractivity contribution is 5.88. The van der Waals surface area contributed by atoms with Gasteiger partial charge in [0, 0.05) is 53.9 Å². The zero-order chi connectivity index (χ0) is 28.3. The molecule has 41 heavy (non-hydrogen) atoms. The van der Waals surface area contributed by atoms with Crippen LogP contribution in [0.5, 0.6) is 5.75 Å². The number of pyridine rings is 1. The Morgan fingerprint density at radius 2 is 2.22 bits per heavy atom. The molecule has 5 heterocycles. The van der Waals surface area contributed by atoms with Crippen LogP contribution in [0.25, 0.3) is 10.9 Å². The summed E-state index contributed by atoms with van der Waals surface area (Å²) in [4.78, 5) is 19.4. The molecule has 0 spiro atoms. The van der Waals surface area contributed by atoms with Gasteiger partial charge in [-0.15, -0.1) is 0 Å². The number of rotatable bonds is 11. The maximum Gasteiger partial charge on any atom is 0.325 e. The van der Waals surface area contributed by atoms with Gasteiger partial charge in [-0.2, -0.15) is 5.10 Å². The van der Waals surface area contributed by atoms with Crippen LogP contribution in [0.4, 0.5) is 10.2 Å². The average Bonchev–Trinajstić information content (AvgIpc) is 3.76. The van der Waals surface area contributed by atoms with E-state index in [2.05, 4.69) is 10.4 Å². The van der Waals surface area contributed by atoms with E-state index in [4.69, 9.17) is 14.5 Å². The summed E-state index contributed by atoms with van der Waals surface area (Å²) in [5.74, 6) is 0.722. The SMILES string of the molecule is COc1cc(CCCCC(F)[C@@H]2CCN(C(C(=O)O)c3cccc4cnn([C@H]5CCOC5)c34)C2)nc2c1CCCN2. The number of aromatic nitrogens is 3. The largest absolute Gasteiger partial charge is 0.496 e. The molecule has 0 aliphatic carbocycles. The molecule has 0 bridgehead atoms. The van der Waals surface area contributed by atoms with E-state index in [1.807, 2.05) is 33.8 Å². The van der Waals surface area contributed by atoms with E-state index in [1.165, 1.54) is 0 Å². The fraction of sp³-hybridized carbons (Fsp3) is 0.581. The van der Waals surface area contributed by atoms with Crippen molar-refractivity contribution >= 4 is 22.7 Å². The second-order valence-corrected chi connectivity index (χ2v) is 11.6. The van der Waals surface area contributed by atoms with Crippen LogP contribution in [-0.2, 0) is 22.4 Å². The molecule has 0 amide bonds. The number of hydrogen-bond donors (Lipinski definition) is 2. The predicted molar refractivity (Wildman–Crippen MR) is 154 cm³/mol. The Labute approximate surface area is 240 Å². The Balaban J connectivity index is 1.07. The minimum Gasteiger partial charge on any atom is -0.496 e. The summed E-state index contributed by atoms with van der Waals surface area (Å²) in [6.07, 6.45) is 7.25. The molecule has 9 nitrogen and oxygen atoms in total. The normalized spacial score (nSPS) is 22.4. The Kier molecular flexibility index (Phi) is 8.39. The molecule has 3 aliphatic heterocycles. The van der Waals surface area contributed by atoms with E-state index in [-0.39, 0.29) is 12.0 Å². The number of unbranched alkanes of at least 4 members (excludes halogenated alkanes) is 1. The van der Waals surface area contributed by atoms with Crippen molar-refractivity contribution in [3.8, 4) is 5.75 Å². The average molecular weight is 566 g/mol.